The minimum absolute atomic E-state index is 0.0650. The third kappa shape index (κ3) is 2.72. The Kier molecular flexibility index (Phi) is 3.60. The zero-order valence-electron chi connectivity index (χ0n) is 15.3. The molecule has 3 heteroatoms. The van der Waals surface area contributed by atoms with Gasteiger partial charge in [0.15, 0.2) is 6.10 Å². The van der Waals surface area contributed by atoms with Crippen LogP contribution in [-0.4, -0.2) is 5.54 Å². The van der Waals surface area contributed by atoms with E-state index in [1.54, 1.807) is 0 Å². The molecule has 134 valence electrons. The Morgan fingerprint density at radius 1 is 0.926 bits per heavy atom. The van der Waals surface area contributed by atoms with Gasteiger partial charge in [-0.2, -0.15) is 0 Å². The summed E-state index contributed by atoms with van der Waals surface area (Å²) in [6.07, 6.45) is 4.27. The minimum Gasteiger partial charge on any atom is -0.480 e. The van der Waals surface area contributed by atoms with Crippen molar-refractivity contribution in [3.63, 3.8) is 0 Å². The van der Waals surface area contributed by atoms with Gasteiger partial charge in [0.05, 0.1) is 5.54 Å². The molecule has 0 spiro atoms. The Hall–Kier alpha value is -2.71. The highest BCUT2D eigenvalue weighted by Gasteiger charge is 2.32. The summed E-state index contributed by atoms with van der Waals surface area (Å²) in [5, 5.41) is 4.36. The van der Waals surface area contributed by atoms with Crippen LogP contribution in [0.5, 0.6) is 5.75 Å². The van der Waals surface area contributed by atoms with Crippen LogP contribution < -0.4 is 10.1 Å². The number of fused-ring (bicyclic) bond motifs is 5. The fraction of sp³-hybridized carbons (Fsp3) is 0.167. The van der Waals surface area contributed by atoms with Crippen LogP contribution in [0.3, 0.4) is 0 Å². The maximum absolute atomic E-state index is 6.50. The predicted molar refractivity (Wildman–Crippen MR) is 113 cm³/mol. The standard InChI is InChI=1S/C24H20ClNO/c1-24(2)14-13-19-20(26-24)12-11-18-17-5-3-4-6-21(17)27-23(22(18)19)15-7-9-16(25)10-8-15/h3-14,23,26H,1-2H3/t23-/m0/s1. The SMILES string of the molecule is CC1(C)C=Cc2c(ccc3c2[C@H](c2ccc(Cl)cc2)Oc2ccccc2-3)N1. The quantitative estimate of drug-likeness (QED) is 0.512. The van der Waals surface area contributed by atoms with Crippen LogP contribution in [0.1, 0.15) is 36.6 Å². The molecule has 0 saturated carbocycles. The minimum atomic E-state index is -0.172. The number of hydrogen-bond acceptors (Lipinski definition) is 2. The second kappa shape index (κ2) is 5.90. The molecule has 2 heterocycles. The summed E-state index contributed by atoms with van der Waals surface area (Å²) < 4.78 is 6.50. The van der Waals surface area contributed by atoms with E-state index in [2.05, 4.69) is 55.6 Å². The molecular weight excluding hydrogens is 354 g/mol. The zero-order valence-corrected chi connectivity index (χ0v) is 16.0. The van der Waals surface area contributed by atoms with Crippen LogP contribution in [-0.2, 0) is 0 Å². The van der Waals surface area contributed by atoms with Gasteiger partial charge in [-0.3, -0.25) is 0 Å². The Labute approximate surface area is 164 Å². The van der Waals surface area contributed by atoms with Crippen molar-refractivity contribution in [3.05, 3.63) is 88.5 Å². The molecule has 1 N–H and O–H groups in total. The van der Waals surface area contributed by atoms with Gasteiger partial charge in [0.25, 0.3) is 0 Å². The van der Waals surface area contributed by atoms with E-state index < -0.39 is 0 Å². The monoisotopic (exact) mass is 373 g/mol. The van der Waals surface area contributed by atoms with Crippen molar-refractivity contribution in [2.24, 2.45) is 0 Å². The van der Waals surface area contributed by atoms with Crippen molar-refractivity contribution in [2.75, 3.05) is 5.32 Å². The normalized spacial score (nSPS) is 18.6. The highest BCUT2D eigenvalue weighted by molar-refractivity contribution is 6.30. The topological polar surface area (TPSA) is 21.3 Å². The molecule has 0 aromatic heterocycles. The maximum Gasteiger partial charge on any atom is 0.150 e. The summed E-state index contributed by atoms with van der Waals surface area (Å²) >= 11 is 6.12. The first kappa shape index (κ1) is 16.5. The first-order valence-corrected chi connectivity index (χ1v) is 9.55. The van der Waals surface area contributed by atoms with Crippen LogP contribution in [0.2, 0.25) is 5.02 Å². The van der Waals surface area contributed by atoms with E-state index in [0.717, 1.165) is 27.6 Å². The lowest BCUT2D eigenvalue weighted by Crippen LogP contribution is -2.31. The van der Waals surface area contributed by atoms with Crippen LogP contribution >= 0.6 is 11.6 Å². The zero-order chi connectivity index (χ0) is 18.6. The smallest absolute Gasteiger partial charge is 0.150 e. The highest BCUT2D eigenvalue weighted by atomic mass is 35.5. The number of halogens is 1. The van der Waals surface area contributed by atoms with Crippen LogP contribution in [0, 0.1) is 0 Å². The number of ether oxygens (including phenoxy) is 1. The number of nitrogens with one attached hydrogen (secondary N) is 1. The van der Waals surface area contributed by atoms with Gasteiger partial charge >= 0.3 is 0 Å². The van der Waals surface area contributed by atoms with Crippen molar-refractivity contribution in [3.8, 4) is 16.9 Å². The Morgan fingerprint density at radius 2 is 1.70 bits per heavy atom. The molecular formula is C24H20ClNO. The van der Waals surface area contributed by atoms with E-state index in [9.17, 15) is 0 Å². The Morgan fingerprint density at radius 3 is 2.52 bits per heavy atom. The van der Waals surface area contributed by atoms with E-state index in [1.165, 1.54) is 16.7 Å². The molecule has 3 aromatic rings. The molecule has 0 amide bonds. The Balaban J connectivity index is 1.77. The molecule has 0 aliphatic carbocycles. The lowest BCUT2D eigenvalue weighted by molar-refractivity contribution is 0.243. The molecule has 2 aliphatic rings. The van der Waals surface area contributed by atoms with E-state index in [4.69, 9.17) is 16.3 Å². The first-order valence-electron chi connectivity index (χ1n) is 9.18. The lowest BCUT2D eigenvalue weighted by atomic mass is 9.83. The number of rotatable bonds is 1. The molecule has 5 rings (SSSR count). The van der Waals surface area contributed by atoms with Crippen LogP contribution in [0.25, 0.3) is 17.2 Å². The predicted octanol–water partition coefficient (Wildman–Crippen LogP) is 6.71. The highest BCUT2D eigenvalue weighted by Crippen LogP contribution is 2.49. The summed E-state index contributed by atoms with van der Waals surface area (Å²) in [4.78, 5) is 0. The van der Waals surface area contributed by atoms with Gasteiger partial charge < -0.3 is 10.1 Å². The molecule has 2 aliphatic heterocycles. The van der Waals surface area contributed by atoms with Crippen LogP contribution in [0.4, 0.5) is 5.69 Å². The average molecular weight is 374 g/mol. The fourth-order valence-electron chi connectivity index (χ4n) is 3.97. The fourth-order valence-corrected chi connectivity index (χ4v) is 4.10. The average Bonchev–Trinajstić information content (AvgIpc) is 2.66. The van der Waals surface area contributed by atoms with Gasteiger partial charge in [0, 0.05) is 27.4 Å². The van der Waals surface area contributed by atoms with Crippen molar-refractivity contribution in [1.82, 2.24) is 0 Å². The molecule has 3 aromatic carbocycles. The van der Waals surface area contributed by atoms with Gasteiger partial charge in [0.1, 0.15) is 5.75 Å². The van der Waals surface area contributed by atoms with Crippen molar-refractivity contribution in [2.45, 2.75) is 25.5 Å². The van der Waals surface area contributed by atoms with Crippen LogP contribution in [0.15, 0.2) is 66.7 Å². The molecule has 1 atom stereocenters. The summed E-state index contributed by atoms with van der Waals surface area (Å²) in [5.74, 6) is 0.915. The van der Waals surface area contributed by atoms with Gasteiger partial charge in [0.2, 0.25) is 0 Å². The molecule has 0 fully saturated rings. The molecule has 0 unspecified atom stereocenters. The summed E-state index contributed by atoms with van der Waals surface area (Å²) in [7, 11) is 0. The van der Waals surface area contributed by atoms with E-state index >= 15 is 0 Å². The number of hydrogen-bond donors (Lipinski definition) is 1. The number of anilines is 1. The van der Waals surface area contributed by atoms with Gasteiger partial charge in [-0.05, 0) is 49.2 Å². The van der Waals surface area contributed by atoms with Crippen molar-refractivity contribution >= 4 is 23.4 Å². The second-order valence-electron chi connectivity index (χ2n) is 7.71. The van der Waals surface area contributed by atoms with E-state index in [1.807, 2.05) is 36.4 Å². The number of para-hydroxylation sites is 1. The largest absolute Gasteiger partial charge is 0.480 e. The molecule has 0 bridgehead atoms. The van der Waals surface area contributed by atoms with Gasteiger partial charge in [-0.15, -0.1) is 0 Å². The van der Waals surface area contributed by atoms with Crippen molar-refractivity contribution < 1.29 is 4.74 Å². The third-order valence-electron chi connectivity index (χ3n) is 5.27. The lowest BCUT2D eigenvalue weighted by Gasteiger charge is -2.35. The summed E-state index contributed by atoms with van der Waals surface area (Å²) in [6.45, 7) is 4.35. The molecule has 0 radical (unpaired) electrons. The number of benzene rings is 3. The second-order valence-corrected chi connectivity index (χ2v) is 8.15. The summed E-state index contributed by atoms with van der Waals surface area (Å²) in [6, 6.07) is 20.6. The van der Waals surface area contributed by atoms with E-state index in [-0.39, 0.29) is 11.6 Å². The van der Waals surface area contributed by atoms with Crippen molar-refractivity contribution in [1.29, 1.82) is 0 Å². The molecule has 0 saturated heterocycles. The molecule has 27 heavy (non-hydrogen) atoms. The maximum atomic E-state index is 6.50. The molecule has 2 nitrogen and oxygen atoms in total. The van der Waals surface area contributed by atoms with Gasteiger partial charge in [-0.25, -0.2) is 0 Å². The summed E-state index contributed by atoms with van der Waals surface area (Å²) in [5.41, 5.74) is 6.93. The third-order valence-corrected chi connectivity index (χ3v) is 5.52. The van der Waals surface area contributed by atoms with Gasteiger partial charge in [-0.1, -0.05) is 60.2 Å². The Bertz CT molecular complexity index is 1070. The first-order chi connectivity index (χ1) is 13.0. The van der Waals surface area contributed by atoms with E-state index in [0.29, 0.717) is 0 Å².